The Morgan fingerprint density at radius 2 is 1.68 bits per heavy atom. The van der Waals surface area contributed by atoms with Crippen molar-refractivity contribution in [3.63, 3.8) is 0 Å². The van der Waals surface area contributed by atoms with Crippen molar-refractivity contribution in [2.75, 3.05) is 23.3 Å². The molecule has 2 aromatic carbocycles. The second-order valence-electron chi connectivity index (χ2n) is 7.31. The third kappa shape index (κ3) is 4.85. The number of hydrogen-bond acceptors (Lipinski definition) is 2. The smallest absolute Gasteiger partial charge is 0.226 e. The molecule has 0 bridgehead atoms. The number of hydrogen-bond donors (Lipinski definition) is 1. The number of carbonyl (C=O) groups is 1. The highest BCUT2D eigenvalue weighted by Crippen LogP contribution is 2.26. The van der Waals surface area contributed by atoms with E-state index in [-0.39, 0.29) is 11.8 Å². The summed E-state index contributed by atoms with van der Waals surface area (Å²) in [4.78, 5) is 14.2. The highest BCUT2D eigenvalue weighted by molar-refractivity contribution is 5.92. The average Bonchev–Trinajstić information content (AvgIpc) is 2.64. The van der Waals surface area contributed by atoms with Gasteiger partial charge in [-0.05, 0) is 55.0 Å². The van der Waals surface area contributed by atoms with Gasteiger partial charge in [0.2, 0.25) is 5.91 Å². The summed E-state index contributed by atoms with van der Waals surface area (Å²) in [6.07, 6.45) is 3.66. The molecule has 1 amide bonds. The molecule has 1 saturated heterocycles. The second kappa shape index (κ2) is 8.19. The normalized spacial score (nSPS) is 15.4. The Kier molecular flexibility index (Phi) is 5.75. The first-order chi connectivity index (χ1) is 12.1. The highest BCUT2D eigenvalue weighted by Gasteiger charge is 2.19. The van der Waals surface area contributed by atoms with Crippen molar-refractivity contribution in [2.45, 2.75) is 33.1 Å². The number of amides is 1. The van der Waals surface area contributed by atoms with Gasteiger partial charge in [-0.2, -0.15) is 0 Å². The van der Waals surface area contributed by atoms with Gasteiger partial charge < -0.3 is 10.2 Å². The van der Waals surface area contributed by atoms with Crippen LogP contribution in [0.3, 0.4) is 0 Å². The van der Waals surface area contributed by atoms with Crippen molar-refractivity contribution in [3.8, 4) is 0 Å². The summed E-state index contributed by atoms with van der Waals surface area (Å²) in [6, 6.07) is 19.1. The van der Waals surface area contributed by atoms with E-state index in [1.165, 1.54) is 30.5 Å². The van der Waals surface area contributed by atoms with Crippen LogP contribution in [0.2, 0.25) is 0 Å². The first kappa shape index (κ1) is 17.5. The Hall–Kier alpha value is -2.29. The van der Waals surface area contributed by atoms with Crippen molar-refractivity contribution in [1.29, 1.82) is 0 Å². The van der Waals surface area contributed by atoms with Crippen LogP contribution >= 0.6 is 0 Å². The largest absolute Gasteiger partial charge is 0.372 e. The van der Waals surface area contributed by atoms with E-state index in [2.05, 4.69) is 52.7 Å². The number of nitrogens with one attached hydrogen (secondary N) is 1. The molecule has 1 heterocycles. The van der Waals surface area contributed by atoms with Crippen LogP contribution < -0.4 is 10.2 Å². The molecule has 3 nitrogen and oxygen atoms in total. The first-order valence-corrected chi connectivity index (χ1v) is 9.31. The summed E-state index contributed by atoms with van der Waals surface area (Å²) in [5.41, 5.74) is 3.58. The van der Waals surface area contributed by atoms with Crippen molar-refractivity contribution < 1.29 is 4.79 Å². The minimum absolute atomic E-state index is 0.00307. The minimum atomic E-state index is 0.00307. The molecule has 0 radical (unpaired) electrons. The van der Waals surface area contributed by atoms with Gasteiger partial charge in [0, 0.05) is 30.4 Å². The molecule has 1 fully saturated rings. The number of piperidine rings is 1. The van der Waals surface area contributed by atoms with Crippen LogP contribution in [0.5, 0.6) is 0 Å². The molecule has 25 heavy (non-hydrogen) atoms. The summed E-state index contributed by atoms with van der Waals surface area (Å²) in [7, 11) is 0. The summed E-state index contributed by atoms with van der Waals surface area (Å²) in [5, 5.41) is 2.95. The van der Waals surface area contributed by atoms with Gasteiger partial charge in [0.25, 0.3) is 0 Å². The Balaban J connectivity index is 1.51. The molecule has 1 aliphatic heterocycles. The molecule has 3 rings (SSSR count). The van der Waals surface area contributed by atoms with Gasteiger partial charge >= 0.3 is 0 Å². The quantitative estimate of drug-likeness (QED) is 0.855. The van der Waals surface area contributed by atoms with E-state index in [9.17, 15) is 4.79 Å². The van der Waals surface area contributed by atoms with Crippen molar-refractivity contribution >= 4 is 17.3 Å². The van der Waals surface area contributed by atoms with Gasteiger partial charge in [0.05, 0.1) is 0 Å². The molecular weight excluding hydrogens is 308 g/mol. The molecule has 0 spiro atoms. The van der Waals surface area contributed by atoms with Crippen molar-refractivity contribution in [2.24, 2.45) is 11.8 Å². The molecule has 0 saturated carbocycles. The number of nitrogens with zero attached hydrogens (tertiary/aromatic N) is 1. The van der Waals surface area contributed by atoms with Crippen LogP contribution in [0.4, 0.5) is 11.4 Å². The maximum atomic E-state index is 11.8. The first-order valence-electron chi connectivity index (χ1n) is 9.31. The van der Waals surface area contributed by atoms with Gasteiger partial charge in [0.1, 0.15) is 0 Å². The van der Waals surface area contributed by atoms with Crippen molar-refractivity contribution in [1.82, 2.24) is 0 Å². The van der Waals surface area contributed by atoms with Gasteiger partial charge in [-0.15, -0.1) is 0 Å². The fraction of sp³-hybridized carbons (Fsp3) is 0.409. The van der Waals surface area contributed by atoms with Crippen LogP contribution in [0.1, 0.15) is 32.3 Å². The zero-order chi connectivity index (χ0) is 17.6. The maximum Gasteiger partial charge on any atom is 0.226 e. The van der Waals surface area contributed by atoms with E-state index in [0.29, 0.717) is 0 Å². The highest BCUT2D eigenvalue weighted by atomic mass is 16.1. The number of carbonyl (C=O) groups excluding carboxylic acids is 1. The fourth-order valence-electron chi connectivity index (χ4n) is 3.38. The molecule has 0 aromatic heterocycles. The standard InChI is InChI=1S/C22H28N2O/c1-17(2)22(25)23-20-8-10-21(11-9-20)24-14-12-19(13-15-24)16-18-6-4-3-5-7-18/h3-11,17,19H,12-16H2,1-2H3,(H,23,25). The minimum Gasteiger partial charge on any atom is -0.372 e. The molecular formula is C22H28N2O. The number of anilines is 2. The third-order valence-corrected chi connectivity index (χ3v) is 5.01. The molecule has 1 aliphatic rings. The van der Waals surface area contributed by atoms with E-state index in [0.717, 1.165) is 24.7 Å². The van der Waals surface area contributed by atoms with Crippen LogP contribution in [0, 0.1) is 11.8 Å². The Bertz CT molecular complexity index is 671. The lowest BCUT2D eigenvalue weighted by Crippen LogP contribution is -2.34. The topological polar surface area (TPSA) is 32.3 Å². The zero-order valence-corrected chi connectivity index (χ0v) is 15.2. The Morgan fingerprint density at radius 3 is 2.28 bits per heavy atom. The second-order valence-corrected chi connectivity index (χ2v) is 7.31. The van der Waals surface area contributed by atoms with Gasteiger partial charge in [-0.1, -0.05) is 44.2 Å². The Morgan fingerprint density at radius 1 is 1.04 bits per heavy atom. The average molecular weight is 336 g/mol. The van der Waals surface area contributed by atoms with Gasteiger partial charge in [-0.3, -0.25) is 4.79 Å². The van der Waals surface area contributed by atoms with Crippen molar-refractivity contribution in [3.05, 3.63) is 60.2 Å². The van der Waals surface area contributed by atoms with Gasteiger partial charge in [0.15, 0.2) is 0 Å². The van der Waals surface area contributed by atoms with E-state index in [4.69, 9.17) is 0 Å². The third-order valence-electron chi connectivity index (χ3n) is 5.01. The predicted octanol–water partition coefficient (Wildman–Crippen LogP) is 4.74. The van der Waals surface area contributed by atoms with Crippen LogP contribution in [-0.4, -0.2) is 19.0 Å². The molecule has 3 heteroatoms. The lowest BCUT2D eigenvalue weighted by atomic mass is 9.90. The molecule has 1 N–H and O–H groups in total. The van der Waals surface area contributed by atoms with E-state index in [1.54, 1.807) is 0 Å². The predicted molar refractivity (Wildman–Crippen MR) is 105 cm³/mol. The van der Waals surface area contributed by atoms with Crippen LogP contribution in [0.25, 0.3) is 0 Å². The van der Waals surface area contributed by atoms with Crippen LogP contribution in [0.15, 0.2) is 54.6 Å². The number of rotatable bonds is 5. The lowest BCUT2D eigenvalue weighted by molar-refractivity contribution is -0.118. The summed E-state index contributed by atoms with van der Waals surface area (Å²) in [5.74, 6) is 0.848. The lowest BCUT2D eigenvalue weighted by Gasteiger charge is -2.33. The van der Waals surface area contributed by atoms with Gasteiger partial charge in [-0.25, -0.2) is 0 Å². The number of benzene rings is 2. The molecule has 0 atom stereocenters. The fourth-order valence-corrected chi connectivity index (χ4v) is 3.38. The SMILES string of the molecule is CC(C)C(=O)Nc1ccc(N2CCC(Cc3ccccc3)CC2)cc1. The molecule has 2 aromatic rings. The summed E-state index contributed by atoms with van der Waals surface area (Å²) >= 11 is 0. The molecule has 132 valence electrons. The summed E-state index contributed by atoms with van der Waals surface area (Å²) in [6.45, 7) is 6.02. The van der Waals surface area contributed by atoms with E-state index < -0.39 is 0 Å². The van der Waals surface area contributed by atoms with E-state index >= 15 is 0 Å². The molecule has 0 aliphatic carbocycles. The maximum absolute atomic E-state index is 11.8. The van der Waals surface area contributed by atoms with E-state index in [1.807, 2.05) is 26.0 Å². The zero-order valence-electron chi connectivity index (χ0n) is 15.2. The van der Waals surface area contributed by atoms with Crippen LogP contribution in [-0.2, 0) is 11.2 Å². The monoisotopic (exact) mass is 336 g/mol. The summed E-state index contributed by atoms with van der Waals surface area (Å²) < 4.78 is 0. The molecule has 0 unspecified atom stereocenters. The Labute approximate surface area is 151 Å².